The lowest BCUT2D eigenvalue weighted by atomic mass is 9.88. The summed E-state index contributed by atoms with van der Waals surface area (Å²) in [6, 6.07) is 1.74. The summed E-state index contributed by atoms with van der Waals surface area (Å²) in [4.78, 5) is 27.7. The van der Waals surface area contributed by atoms with Gasteiger partial charge in [0.2, 0.25) is 5.78 Å². The summed E-state index contributed by atoms with van der Waals surface area (Å²) in [6.07, 6.45) is -12.1. The van der Waals surface area contributed by atoms with Crippen molar-refractivity contribution in [3.63, 3.8) is 0 Å². The van der Waals surface area contributed by atoms with Gasteiger partial charge in [-0.25, -0.2) is 0 Å². The van der Waals surface area contributed by atoms with Crippen LogP contribution in [0, 0.1) is 0 Å². The van der Waals surface area contributed by atoms with Gasteiger partial charge in [-0.15, -0.1) is 0 Å². The van der Waals surface area contributed by atoms with E-state index in [-0.39, 0.29) is 50.1 Å². The number of allylic oxidation sites excluding steroid dienone is 4. The largest absolute Gasteiger partial charge is 0.506 e. The minimum Gasteiger partial charge on any atom is -0.506 e. The lowest BCUT2D eigenvalue weighted by molar-refractivity contribution is -0.359. The zero-order chi connectivity index (χ0) is 23.3. The van der Waals surface area contributed by atoms with Crippen LogP contribution in [0.3, 0.4) is 0 Å². The topological polar surface area (TPSA) is 96.2 Å². The zero-order valence-corrected chi connectivity index (χ0v) is 16.9. The number of rotatable bonds is 6. The summed E-state index contributed by atoms with van der Waals surface area (Å²) < 4.78 is 66.6. The molecular weight excluding hydrogens is 473 g/mol. The molecule has 1 aromatic heterocycles. The Labute approximate surface area is 179 Å². The van der Waals surface area contributed by atoms with Crippen molar-refractivity contribution >= 4 is 40.4 Å². The molecule has 1 aliphatic carbocycles. The summed E-state index contributed by atoms with van der Waals surface area (Å²) in [5.41, 5.74) is 0.764. The minimum atomic E-state index is -5.95. The molecule has 6 nitrogen and oxygen atoms in total. The molecule has 13 heteroatoms. The summed E-state index contributed by atoms with van der Waals surface area (Å²) in [6.45, 7) is 1.53. The first kappa shape index (κ1) is 22.9. The molecule has 0 unspecified atom stereocenters. The molecule has 0 saturated carbocycles. The molecule has 1 aromatic rings. The molecule has 3 rings (SSSR count). The van der Waals surface area contributed by atoms with E-state index in [1.807, 2.05) is 0 Å². The Morgan fingerprint density at radius 1 is 1.26 bits per heavy atom. The van der Waals surface area contributed by atoms with E-state index in [0.717, 1.165) is 12.1 Å². The monoisotopic (exact) mass is 483 g/mol. The van der Waals surface area contributed by atoms with Crippen LogP contribution in [0.4, 0.5) is 22.0 Å². The number of carboxylic acid groups (broad SMARTS) is 1. The number of aliphatic imine (C=N–C) groups is 1. The number of Topliss-reactive ketones (excluding diaryl/α,β-unsaturated/α-hetero) is 1. The number of halogens is 6. The Balaban J connectivity index is 1.90. The lowest BCUT2D eigenvalue weighted by Crippen LogP contribution is -2.41. The third kappa shape index (κ3) is 4.22. The lowest BCUT2D eigenvalue weighted by Gasteiger charge is -2.19. The van der Waals surface area contributed by atoms with Gasteiger partial charge in [0.05, 0.1) is 27.6 Å². The second-order valence-electron chi connectivity index (χ2n) is 6.45. The number of ether oxygens (including phenoxy) is 1. The molecule has 2 N–H and O–H groups in total. The fourth-order valence-electron chi connectivity index (χ4n) is 2.96. The molecule has 166 valence electrons. The number of fused-ring (bicyclic) bond motifs is 1. The molecule has 0 fully saturated rings. The number of hydrogen-bond acceptors (Lipinski definition) is 6. The number of alkyl halides is 5. The van der Waals surface area contributed by atoms with Crippen LogP contribution < -0.4 is 4.74 Å². The predicted octanol–water partition coefficient (Wildman–Crippen LogP) is 5.38. The van der Waals surface area contributed by atoms with Gasteiger partial charge in [0.25, 0.3) is 0 Å². The second-order valence-corrected chi connectivity index (χ2v) is 7.87. The van der Waals surface area contributed by atoms with Crippen molar-refractivity contribution in [2.24, 2.45) is 4.99 Å². The molecule has 0 bridgehead atoms. The van der Waals surface area contributed by atoms with E-state index >= 15 is 0 Å². The summed E-state index contributed by atoms with van der Waals surface area (Å²) >= 11 is 6.38. The molecule has 31 heavy (non-hydrogen) atoms. The Bertz CT molecular complexity index is 1110. The smallest absolute Gasteiger partial charge is 0.499 e. The molecule has 2 heterocycles. The van der Waals surface area contributed by atoms with Gasteiger partial charge in [0, 0.05) is 17.7 Å². The highest BCUT2D eigenvalue weighted by atomic mass is 35.5. The van der Waals surface area contributed by atoms with Crippen LogP contribution in [0.1, 0.15) is 29.4 Å². The fourth-order valence-corrected chi connectivity index (χ4v) is 4.14. The molecule has 1 aliphatic heterocycles. The van der Waals surface area contributed by atoms with E-state index in [1.165, 1.54) is 6.92 Å². The second kappa shape index (κ2) is 7.75. The maximum atomic E-state index is 13.0. The van der Waals surface area contributed by atoms with E-state index in [9.17, 15) is 36.6 Å². The van der Waals surface area contributed by atoms with Gasteiger partial charge >= 0.3 is 18.3 Å². The van der Waals surface area contributed by atoms with Gasteiger partial charge in [0.1, 0.15) is 5.76 Å². The Hall–Kier alpha value is -2.73. The number of carbonyl (C=O) groups excluding carboxylic acids is 1. The van der Waals surface area contributed by atoms with Crippen molar-refractivity contribution in [3.8, 4) is 5.06 Å². The molecule has 0 atom stereocenters. The normalized spacial score (nSPS) is 17.2. The fraction of sp³-hybridized carbons (Fsp3) is 0.278. The Kier molecular flexibility index (Phi) is 5.74. The molecule has 0 radical (unpaired) electrons. The van der Waals surface area contributed by atoms with Gasteiger partial charge in [0.15, 0.2) is 5.06 Å². The van der Waals surface area contributed by atoms with Gasteiger partial charge in [-0.2, -0.15) is 22.0 Å². The number of aliphatic hydroxyl groups is 1. The predicted molar refractivity (Wildman–Crippen MR) is 99.8 cm³/mol. The number of aliphatic hydroxyl groups excluding tert-OH is 1. The third-order valence-corrected chi connectivity index (χ3v) is 5.68. The van der Waals surface area contributed by atoms with Crippen molar-refractivity contribution in [1.29, 1.82) is 0 Å². The molecule has 0 saturated heterocycles. The zero-order valence-electron chi connectivity index (χ0n) is 15.3. The van der Waals surface area contributed by atoms with Gasteiger partial charge in [-0.05, 0) is 24.6 Å². The van der Waals surface area contributed by atoms with E-state index in [1.54, 1.807) is 0 Å². The van der Waals surface area contributed by atoms with Gasteiger partial charge in [-0.1, -0.05) is 22.9 Å². The van der Waals surface area contributed by atoms with Crippen LogP contribution in [0.5, 0.6) is 5.06 Å². The van der Waals surface area contributed by atoms with Crippen molar-refractivity contribution in [2.45, 2.75) is 32.1 Å². The van der Waals surface area contributed by atoms with Crippen molar-refractivity contribution < 1.29 is 46.5 Å². The first-order valence-corrected chi connectivity index (χ1v) is 9.52. The summed E-state index contributed by atoms with van der Waals surface area (Å²) in [5.74, 6) is -2.69. The van der Waals surface area contributed by atoms with E-state index in [4.69, 9.17) is 16.7 Å². The van der Waals surface area contributed by atoms with Crippen LogP contribution in [-0.4, -0.2) is 40.0 Å². The van der Waals surface area contributed by atoms with Crippen LogP contribution >= 0.6 is 22.9 Å². The highest BCUT2D eigenvalue weighted by molar-refractivity contribution is 7.16. The quantitative estimate of drug-likeness (QED) is 0.418. The van der Waals surface area contributed by atoms with Crippen molar-refractivity contribution in [2.75, 3.05) is 0 Å². The van der Waals surface area contributed by atoms with Gasteiger partial charge in [-0.3, -0.25) is 14.6 Å². The van der Waals surface area contributed by atoms with E-state index in [2.05, 4.69) is 9.73 Å². The maximum absolute atomic E-state index is 13.0. The molecule has 2 aliphatic rings. The van der Waals surface area contributed by atoms with E-state index in [0.29, 0.717) is 5.70 Å². The highest BCUT2D eigenvalue weighted by Crippen LogP contribution is 2.43. The van der Waals surface area contributed by atoms with Crippen LogP contribution in [0.2, 0.25) is 0 Å². The van der Waals surface area contributed by atoms with Crippen molar-refractivity contribution in [1.82, 2.24) is 0 Å². The number of ketones is 1. The maximum Gasteiger partial charge on any atom is 0.499 e. The van der Waals surface area contributed by atoms with Crippen LogP contribution in [-0.2, 0) is 4.79 Å². The first-order valence-electron chi connectivity index (χ1n) is 8.33. The van der Waals surface area contributed by atoms with Gasteiger partial charge < -0.3 is 14.9 Å². The highest BCUT2D eigenvalue weighted by Gasteiger charge is 2.61. The summed E-state index contributed by atoms with van der Waals surface area (Å²) in [7, 11) is 0. The number of carbonyl (C=O) groups is 2. The Morgan fingerprint density at radius 2 is 1.90 bits per heavy atom. The molecule has 0 spiro atoms. The standard InChI is InChI=1S/C18H11ClF5NO5S/c1-6-7(5-11(26)27)13-9(25-6)4-8(16(29)14(13)19)15(28)10-2-3-12(31-10)30-18(23,24)17(20,21)22/h2-3,29H,4-5H2,1H3,(H,26,27). The number of hydrogen-bond donors (Lipinski definition) is 2. The average Bonchev–Trinajstić information content (AvgIpc) is 3.21. The molecule has 0 amide bonds. The van der Waals surface area contributed by atoms with Crippen LogP contribution in [0.25, 0.3) is 0 Å². The minimum absolute atomic E-state index is 0.190. The van der Waals surface area contributed by atoms with Crippen LogP contribution in [0.15, 0.2) is 50.3 Å². The van der Waals surface area contributed by atoms with Crippen molar-refractivity contribution in [3.05, 3.63) is 50.2 Å². The number of carboxylic acids is 1. The summed E-state index contributed by atoms with van der Waals surface area (Å²) in [5, 5.41) is 18.3. The Morgan fingerprint density at radius 3 is 2.48 bits per heavy atom. The number of aliphatic carboxylic acids is 1. The average molecular weight is 484 g/mol. The molecule has 0 aromatic carbocycles. The van der Waals surface area contributed by atoms with E-state index < -0.39 is 41.3 Å². The number of thiophene rings is 1. The third-order valence-electron chi connectivity index (χ3n) is 4.35. The molecular formula is C18H11ClF5NO5S. The first-order chi connectivity index (χ1) is 14.2. The SMILES string of the molecule is CC1=C(CC(=O)O)C2=C(Cl)C(O)=C(C(=O)c3ccc(OC(F)(F)C(F)(F)F)s3)CC2=N1. The number of nitrogens with zero attached hydrogens (tertiary/aromatic N) is 1.